The van der Waals surface area contributed by atoms with Crippen molar-refractivity contribution >= 4 is 33.4 Å². The number of hydrogen-bond acceptors (Lipinski definition) is 9. The van der Waals surface area contributed by atoms with Crippen molar-refractivity contribution in [2.45, 2.75) is 61.0 Å². The Morgan fingerprint density at radius 1 is 0.880 bits per heavy atom. The number of aliphatic hydroxyl groups excluding tert-OH is 1. The van der Waals surface area contributed by atoms with Gasteiger partial charge in [-0.3, -0.25) is 4.79 Å². The third kappa shape index (κ3) is 9.42. The van der Waals surface area contributed by atoms with Gasteiger partial charge in [0, 0.05) is 35.8 Å². The number of aryl methyl sites for hydroxylation is 1. The highest BCUT2D eigenvalue weighted by Crippen LogP contribution is 2.39. The van der Waals surface area contributed by atoms with E-state index in [1.807, 2.05) is 67.6 Å². The maximum absolute atomic E-state index is 13.8. The minimum atomic E-state index is -4.00. The molecule has 0 aliphatic carbocycles. The fourth-order valence-corrected chi connectivity index (χ4v) is 7.57. The van der Waals surface area contributed by atoms with Gasteiger partial charge in [-0.2, -0.15) is 4.72 Å². The van der Waals surface area contributed by atoms with Gasteiger partial charge in [0.1, 0.15) is 6.04 Å². The molecule has 4 unspecified atom stereocenters. The third-order valence-corrected chi connectivity index (χ3v) is 10.7. The average Bonchev–Trinajstić information content (AvgIpc) is 3.14. The quantitative estimate of drug-likeness (QED) is 0.0971. The van der Waals surface area contributed by atoms with Crippen LogP contribution in [-0.2, 0) is 37.3 Å². The van der Waals surface area contributed by atoms with Crippen molar-refractivity contribution in [2.24, 2.45) is 0 Å². The van der Waals surface area contributed by atoms with Crippen molar-refractivity contribution in [3.8, 4) is 0 Å². The molecule has 1 aliphatic rings. The predicted molar refractivity (Wildman–Crippen MR) is 192 cm³/mol. The van der Waals surface area contributed by atoms with Gasteiger partial charge in [-0.1, -0.05) is 96.2 Å². The number of carbonyl (C=O) groups is 1. The molecule has 0 bridgehead atoms. The predicted octanol–water partition coefficient (Wildman–Crippen LogP) is 6.14. The van der Waals surface area contributed by atoms with E-state index in [-0.39, 0.29) is 30.1 Å². The SMILES string of the molecule is Cc1ccc(S(=O)(=O)NC(Cc2ccccc2)C(=O)Nc2cccc(C3OC(CSc4ncccn4)CC(c4ccc(CO)cc4)O3)c2)cc1. The molecule has 4 atom stereocenters. The first-order valence-corrected chi connectivity index (χ1v) is 18.7. The summed E-state index contributed by atoms with van der Waals surface area (Å²) >= 11 is 1.50. The molecule has 0 saturated carbocycles. The molecule has 1 aliphatic heterocycles. The summed E-state index contributed by atoms with van der Waals surface area (Å²) in [7, 11) is -4.00. The van der Waals surface area contributed by atoms with E-state index in [4.69, 9.17) is 9.47 Å². The van der Waals surface area contributed by atoms with Gasteiger partial charge in [0.15, 0.2) is 11.4 Å². The maximum Gasteiger partial charge on any atom is 0.242 e. The zero-order valence-electron chi connectivity index (χ0n) is 27.4. The van der Waals surface area contributed by atoms with Crippen LogP contribution in [0, 0.1) is 6.92 Å². The molecule has 1 amide bonds. The number of rotatable bonds is 13. The van der Waals surface area contributed by atoms with Crippen molar-refractivity contribution in [3.63, 3.8) is 0 Å². The van der Waals surface area contributed by atoms with Crippen molar-refractivity contribution in [1.82, 2.24) is 14.7 Å². The smallest absolute Gasteiger partial charge is 0.242 e. The van der Waals surface area contributed by atoms with Crippen LogP contribution in [-0.4, -0.2) is 47.3 Å². The lowest BCUT2D eigenvalue weighted by Crippen LogP contribution is -2.45. The molecule has 6 rings (SSSR count). The molecule has 0 radical (unpaired) electrons. The highest BCUT2D eigenvalue weighted by Gasteiger charge is 2.33. The number of carbonyl (C=O) groups excluding carboxylic acids is 1. The highest BCUT2D eigenvalue weighted by molar-refractivity contribution is 7.99. The zero-order valence-corrected chi connectivity index (χ0v) is 29.0. The lowest BCUT2D eigenvalue weighted by Gasteiger charge is -2.36. The van der Waals surface area contributed by atoms with Crippen LogP contribution in [0.25, 0.3) is 0 Å². The van der Waals surface area contributed by atoms with E-state index < -0.39 is 28.3 Å². The normalized spacial score (nSPS) is 18.3. The molecular formula is C38H38N4O6S2. The molecule has 5 aromatic rings. The number of nitrogens with zero attached hydrogens (tertiary/aromatic N) is 2. The average molecular weight is 711 g/mol. The number of aliphatic hydroxyl groups is 1. The van der Waals surface area contributed by atoms with Gasteiger partial charge < -0.3 is 19.9 Å². The number of benzene rings is 4. The van der Waals surface area contributed by atoms with Crippen molar-refractivity contribution in [2.75, 3.05) is 11.1 Å². The lowest BCUT2D eigenvalue weighted by atomic mass is 10.0. The number of sulfonamides is 1. The first-order valence-electron chi connectivity index (χ1n) is 16.2. The van der Waals surface area contributed by atoms with Gasteiger partial charge in [0.25, 0.3) is 0 Å². The fourth-order valence-electron chi connectivity index (χ4n) is 5.55. The molecule has 1 saturated heterocycles. The Bertz CT molecular complexity index is 1970. The summed E-state index contributed by atoms with van der Waals surface area (Å²) in [6, 6.07) is 31.2. The van der Waals surface area contributed by atoms with Crippen LogP contribution in [0.3, 0.4) is 0 Å². The van der Waals surface area contributed by atoms with E-state index in [2.05, 4.69) is 20.0 Å². The second-order valence-corrected chi connectivity index (χ2v) is 14.7. The fraction of sp³-hybridized carbons (Fsp3) is 0.237. The Labute approximate surface area is 296 Å². The molecule has 50 heavy (non-hydrogen) atoms. The molecule has 2 heterocycles. The van der Waals surface area contributed by atoms with Crippen molar-refractivity contribution < 1.29 is 27.8 Å². The van der Waals surface area contributed by atoms with Crippen LogP contribution in [0.15, 0.2) is 132 Å². The molecule has 1 aromatic heterocycles. The number of nitrogens with one attached hydrogen (secondary N) is 2. The number of amides is 1. The van der Waals surface area contributed by atoms with Crippen molar-refractivity contribution in [3.05, 3.63) is 149 Å². The van der Waals surface area contributed by atoms with E-state index in [0.717, 1.165) is 22.3 Å². The van der Waals surface area contributed by atoms with Gasteiger partial charge in [-0.05, 0) is 60.4 Å². The van der Waals surface area contributed by atoms with Crippen molar-refractivity contribution in [1.29, 1.82) is 0 Å². The van der Waals surface area contributed by atoms with Gasteiger partial charge in [0.05, 0.1) is 23.7 Å². The topological polar surface area (TPSA) is 140 Å². The molecular weight excluding hydrogens is 673 g/mol. The molecule has 12 heteroatoms. The molecule has 258 valence electrons. The van der Waals surface area contributed by atoms with Crippen LogP contribution in [0.2, 0.25) is 0 Å². The first-order chi connectivity index (χ1) is 24.3. The molecule has 4 aromatic carbocycles. The number of ether oxygens (including phenoxy) is 2. The summed E-state index contributed by atoms with van der Waals surface area (Å²) in [5.74, 6) is 0.0829. The van der Waals surface area contributed by atoms with E-state index in [9.17, 15) is 18.3 Å². The van der Waals surface area contributed by atoms with Gasteiger partial charge in [0.2, 0.25) is 15.9 Å². The lowest BCUT2D eigenvalue weighted by molar-refractivity contribution is -0.245. The summed E-state index contributed by atoms with van der Waals surface area (Å²) in [5.41, 5.74) is 4.64. The van der Waals surface area contributed by atoms with Gasteiger partial charge in [-0.15, -0.1) is 0 Å². The minimum absolute atomic E-state index is 0.0496. The Balaban J connectivity index is 1.22. The summed E-state index contributed by atoms with van der Waals surface area (Å²) < 4.78 is 42.3. The first kappa shape index (κ1) is 35.4. The zero-order chi connectivity index (χ0) is 34.9. The Kier molecular flexibility index (Phi) is 11.7. The third-order valence-electron chi connectivity index (χ3n) is 8.21. The van der Waals surface area contributed by atoms with Crippen LogP contribution in [0.1, 0.15) is 46.6 Å². The second kappa shape index (κ2) is 16.5. The maximum atomic E-state index is 13.8. The van der Waals surface area contributed by atoms with Gasteiger partial charge in [-0.25, -0.2) is 18.4 Å². The standard InChI is InChI=1S/C38H38N4O6S2/c1-26-11-17-33(18-12-26)50(45,46)42-34(21-27-7-3-2-4-8-27)36(44)41-31-10-5-9-30(22-31)37-47-32(25-49-38-39-19-6-20-40-38)23-35(48-37)29-15-13-28(24-43)14-16-29/h2-20,22,32,34-35,37,42-43H,21,23-25H2,1H3,(H,41,44). The summed E-state index contributed by atoms with van der Waals surface area (Å²) in [5, 5.41) is 13.1. The molecule has 10 nitrogen and oxygen atoms in total. The van der Waals surface area contributed by atoms with E-state index in [0.29, 0.717) is 28.6 Å². The van der Waals surface area contributed by atoms with Crippen LogP contribution in [0.5, 0.6) is 0 Å². The second-order valence-electron chi connectivity index (χ2n) is 12.0. The Morgan fingerprint density at radius 3 is 2.34 bits per heavy atom. The monoisotopic (exact) mass is 710 g/mol. The molecule has 3 N–H and O–H groups in total. The Hall–Kier alpha value is -4.43. The summed E-state index contributed by atoms with van der Waals surface area (Å²) in [6.45, 7) is 1.83. The number of aromatic nitrogens is 2. The van der Waals surface area contributed by atoms with E-state index >= 15 is 0 Å². The number of anilines is 1. The van der Waals surface area contributed by atoms with E-state index in [1.54, 1.807) is 48.8 Å². The van der Waals surface area contributed by atoms with Crippen LogP contribution in [0.4, 0.5) is 5.69 Å². The largest absolute Gasteiger partial charge is 0.392 e. The van der Waals surface area contributed by atoms with Crippen LogP contribution >= 0.6 is 11.8 Å². The number of hydrogen-bond donors (Lipinski definition) is 3. The molecule has 1 fully saturated rings. The number of thioether (sulfide) groups is 1. The highest BCUT2D eigenvalue weighted by atomic mass is 32.2. The molecule has 0 spiro atoms. The minimum Gasteiger partial charge on any atom is -0.392 e. The summed E-state index contributed by atoms with van der Waals surface area (Å²) in [4.78, 5) is 22.5. The summed E-state index contributed by atoms with van der Waals surface area (Å²) in [6.07, 6.45) is 2.87. The van der Waals surface area contributed by atoms with E-state index in [1.165, 1.54) is 23.9 Å². The Morgan fingerprint density at radius 2 is 1.62 bits per heavy atom. The van der Waals surface area contributed by atoms with Gasteiger partial charge >= 0.3 is 0 Å². The van der Waals surface area contributed by atoms with Crippen LogP contribution < -0.4 is 10.0 Å².